The number of aromatic nitrogens is 4. The highest BCUT2D eigenvalue weighted by Crippen LogP contribution is 2.14. The fourth-order valence-corrected chi connectivity index (χ4v) is 2.07. The van der Waals surface area contributed by atoms with Crippen LogP contribution >= 0.6 is 0 Å². The topological polar surface area (TPSA) is 104 Å². The minimum absolute atomic E-state index is 0.00930. The van der Waals surface area contributed by atoms with Gasteiger partial charge in [-0.15, -0.1) is 0 Å². The van der Waals surface area contributed by atoms with Crippen molar-refractivity contribution in [2.45, 2.75) is 6.42 Å². The molecule has 3 rings (SSSR count). The third-order valence-electron chi connectivity index (χ3n) is 3.21. The number of hydrogen-bond donors (Lipinski definition) is 3. The van der Waals surface area contributed by atoms with Gasteiger partial charge in [0.2, 0.25) is 0 Å². The van der Waals surface area contributed by atoms with E-state index in [2.05, 4.69) is 25.5 Å². The highest BCUT2D eigenvalue weighted by molar-refractivity contribution is 5.94. The molecule has 0 saturated heterocycles. The van der Waals surface area contributed by atoms with Crippen molar-refractivity contribution in [2.75, 3.05) is 6.54 Å². The van der Waals surface area contributed by atoms with Gasteiger partial charge in [0.15, 0.2) is 11.5 Å². The molecular formula is C16H15N5O2. The molecule has 7 heteroatoms. The minimum atomic E-state index is -0.425. The van der Waals surface area contributed by atoms with E-state index in [0.717, 1.165) is 5.56 Å². The van der Waals surface area contributed by atoms with Gasteiger partial charge in [0.1, 0.15) is 11.6 Å². The SMILES string of the molecule is O=C(NCCc1nc(-c2ccccc2)n[nH]1)c1ncccc1O. The summed E-state index contributed by atoms with van der Waals surface area (Å²) in [6.45, 7) is 0.359. The van der Waals surface area contributed by atoms with Gasteiger partial charge in [0.25, 0.3) is 5.91 Å². The number of nitrogens with zero attached hydrogens (tertiary/aromatic N) is 3. The van der Waals surface area contributed by atoms with Crippen molar-refractivity contribution in [1.82, 2.24) is 25.5 Å². The molecule has 7 nitrogen and oxygen atoms in total. The van der Waals surface area contributed by atoms with E-state index in [1.54, 1.807) is 6.07 Å². The number of benzene rings is 1. The number of hydrogen-bond acceptors (Lipinski definition) is 5. The Bertz CT molecular complexity index is 801. The van der Waals surface area contributed by atoms with E-state index < -0.39 is 5.91 Å². The van der Waals surface area contributed by atoms with Crippen LogP contribution in [0, 0.1) is 0 Å². The normalized spacial score (nSPS) is 10.4. The van der Waals surface area contributed by atoms with Crippen molar-refractivity contribution < 1.29 is 9.90 Å². The molecule has 0 spiro atoms. The summed E-state index contributed by atoms with van der Waals surface area (Å²) >= 11 is 0. The van der Waals surface area contributed by atoms with Crippen molar-refractivity contribution in [3.05, 3.63) is 60.2 Å². The summed E-state index contributed by atoms with van der Waals surface area (Å²) < 4.78 is 0. The molecule has 0 aliphatic rings. The van der Waals surface area contributed by atoms with E-state index in [0.29, 0.717) is 24.6 Å². The van der Waals surface area contributed by atoms with Crippen LogP contribution in [0.25, 0.3) is 11.4 Å². The molecule has 0 radical (unpaired) electrons. The van der Waals surface area contributed by atoms with Crippen LogP contribution in [0.5, 0.6) is 5.75 Å². The van der Waals surface area contributed by atoms with Crippen molar-refractivity contribution >= 4 is 5.91 Å². The number of carbonyl (C=O) groups is 1. The van der Waals surface area contributed by atoms with Crippen LogP contribution in [0.4, 0.5) is 0 Å². The molecule has 2 aromatic heterocycles. The number of nitrogens with one attached hydrogen (secondary N) is 2. The first-order valence-electron chi connectivity index (χ1n) is 7.13. The van der Waals surface area contributed by atoms with E-state index in [1.165, 1.54) is 12.3 Å². The lowest BCUT2D eigenvalue weighted by Gasteiger charge is -2.04. The van der Waals surface area contributed by atoms with Crippen LogP contribution in [0.2, 0.25) is 0 Å². The summed E-state index contributed by atoms with van der Waals surface area (Å²) in [6.07, 6.45) is 1.95. The number of rotatable bonds is 5. The maximum Gasteiger partial charge on any atom is 0.273 e. The van der Waals surface area contributed by atoms with Gasteiger partial charge in [0.05, 0.1) is 0 Å². The number of aromatic amines is 1. The third-order valence-corrected chi connectivity index (χ3v) is 3.21. The molecule has 0 unspecified atom stereocenters. The smallest absolute Gasteiger partial charge is 0.273 e. The molecule has 3 N–H and O–H groups in total. The number of carbonyl (C=O) groups excluding carboxylic acids is 1. The number of H-pyrrole nitrogens is 1. The molecule has 0 aliphatic heterocycles. The predicted molar refractivity (Wildman–Crippen MR) is 83.8 cm³/mol. The average Bonchev–Trinajstić information content (AvgIpc) is 3.05. The first-order chi connectivity index (χ1) is 11.2. The fraction of sp³-hybridized carbons (Fsp3) is 0.125. The second kappa shape index (κ2) is 6.69. The van der Waals surface area contributed by atoms with Crippen LogP contribution in [-0.4, -0.2) is 37.7 Å². The molecule has 0 atom stereocenters. The van der Waals surface area contributed by atoms with Gasteiger partial charge in [-0.2, -0.15) is 5.10 Å². The standard InChI is InChI=1S/C16H15N5O2/c22-12-7-4-9-17-14(12)16(23)18-10-8-13-19-15(21-20-13)11-5-2-1-3-6-11/h1-7,9,22H,8,10H2,(H,18,23)(H,19,20,21). The summed E-state index contributed by atoms with van der Waals surface area (Å²) in [5.41, 5.74) is 0.937. The second-order valence-corrected chi connectivity index (χ2v) is 4.85. The van der Waals surface area contributed by atoms with Crippen molar-refractivity contribution in [1.29, 1.82) is 0 Å². The lowest BCUT2D eigenvalue weighted by Crippen LogP contribution is -2.26. The molecule has 23 heavy (non-hydrogen) atoms. The molecule has 1 amide bonds. The van der Waals surface area contributed by atoms with Crippen LogP contribution in [0.1, 0.15) is 16.3 Å². The first-order valence-corrected chi connectivity index (χ1v) is 7.13. The summed E-state index contributed by atoms with van der Waals surface area (Å²) in [5.74, 6) is 0.727. The lowest BCUT2D eigenvalue weighted by atomic mass is 10.2. The van der Waals surface area contributed by atoms with Crippen LogP contribution in [0.15, 0.2) is 48.7 Å². The molecule has 0 bridgehead atoms. The quantitative estimate of drug-likeness (QED) is 0.663. The molecule has 0 aliphatic carbocycles. The van der Waals surface area contributed by atoms with Crippen molar-refractivity contribution in [3.8, 4) is 17.1 Å². The molecule has 116 valence electrons. The molecule has 1 aromatic carbocycles. The zero-order chi connectivity index (χ0) is 16.1. The summed E-state index contributed by atoms with van der Waals surface area (Å²) in [5, 5.41) is 19.3. The fourth-order valence-electron chi connectivity index (χ4n) is 2.07. The Morgan fingerprint density at radius 1 is 1.17 bits per heavy atom. The van der Waals surface area contributed by atoms with Crippen LogP contribution < -0.4 is 5.32 Å². The summed E-state index contributed by atoms with van der Waals surface area (Å²) in [4.78, 5) is 20.1. The number of pyridine rings is 1. The van der Waals surface area contributed by atoms with E-state index in [-0.39, 0.29) is 11.4 Å². The Kier molecular flexibility index (Phi) is 4.28. The Morgan fingerprint density at radius 3 is 2.78 bits per heavy atom. The zero-order valence-electron chi connectivity index (χ0n) is 12.2. The van der Waals surface area contributed by atoms with E-state index >= 15 is 0 Å². The van der Waals surface area contributed by atoms with Gasteiger partial charge < -0.3 is 10.4 Å². The molecule has 2 heterocycles. The number of amides is 1. The third kappa shape index (κ3) is 3.52. The summed E-state index contributed by atoms with van der Waals surface area (Å²) in [6, 6.07) is 12.6. The minimum Gasteiger partial charge on any atom is -0.505 e. The van der Waals surface area contributed by atoms with Crippen molar-refractivity contribution in [2.24, 2.45) is 0 Å². The maximum absolute atomic E-state index is 11.9. The van der Waals surface area contributed by atoms with Gasteiger partial charge in [0, 0.05) is 24.7 Å². The Labute approximate surface area is 132 Å². The van der Waals surface area contributed by atoms with E-state index in [1.807, 2.05) is 30.3 Å². The number of aromatic hydroxyl groups is 1. The van der Waals surface area contributed by atoms with Gasteiger partial charge in [-0.05, 0) is 12.1 Å². The van der Waals surface area contributed by atoms with Crippen molar-refractivity contribution in [3.63, 3.8) is 0 Å². The Hall–Kier alpha value is -3.22. The van der Waals surface area contributed by atoms with Gasteiger partial charge in [-0.1, -0.05) is 30.3 Å². The molecular weight excluding hydrogens is 294 g/mol. The van der Waals surface area contributed by atoms with Gasteiger partial charge in [-0.3, -0.25) is 9.89 Å². The highest BCUT2D eigenvalue weighted by atomic mass is 16.3. The monoisotopic (exact) mass is 309 g/mol. The average molecular weight is 309 g/mol. The largest absolute Gasteiger partial charge is 0.505 e. The Morgan fingerprint density at radius 2 is 2.00 bits per heavy atom. The van der Waals surface area contributed by atoms with E-state index in [4.69, 9.17) is 0 Å². The predicted octanol–water partition coefficient (Wildman–Crippen LogP) is 1.54. The second-order valence-electron chi connectivity index (χ2n) is 4.85. The molecule has 0 fully saturated rings. The van der Waals surface area contributed by atoms with Gasteiger partial charge >= 0.3 is 0 Å². The Balaban J connectivity index is 1.56. The summed E-state index contributed by atoms with van der Waals surface area (Å²) in [7, 11) is 0. The highest BCUT2D eigenvalue weighted by Gasteiger charge is 2.12. The van der Waals surface area contributed by atoms with Crippen LogP contribution in [-0.2, 0) is 6.42 Å². The lowest BCUT2D eigenvalue weighted by molar-refractivity contribution is 0.0946. The maximum atomic E-state index is 11.9. The van der Waals surface area contributed by atoms with Crippen LogP contribution in [0.3, 0.4) is 0 Å². The first kappa shape index (κ1) is 14.7. The zero-order valence-corrected chi connectivity index (χ0v) is 12.2. The van der Waals surface area contributed by atoms with E-state index in [9.17, 15) is 9.90 Å². The molecule has 0 saturated carbocycles. The molecule has 3 aromatic rings. The van der Waals surface area contributed by atoms with Gasteiger partial charge in [-0.25, -0.2) is 9.97 Å².